The maximum atomic E-state index is 10.1. The summed E-state index contributed by atoms with van der Waals surface area (Å²) >= 11 is 0. The highest BCUT2D eigenvalue weighted by atomic mass is 16.6. The lowest BCUT2D eigenvalue weighted by Gasteiger charge is -2.08. The summed E-state index contributed by atoms with van der Waals surface area (Å²) in [6.07, 6.45) is 7.09. The van der Waals surface area contributed by atoms with Gasteiger partial charge in [-0.3, -0.25) is 10.1 Å². The van der Waals surface area contributed by atoms with E-state index in [0.717, 1.165) is 24.7 Å². The zero-order valence-corrected chi connectivity index (χ0v) is 7.82. The van der Waals surface area contributed by atoms with Crippen LogP contribution in [0.5, 0.6) is 0 Å². The summed E-state index contributed by atoms with van der Waals surface area (Å²) in [6, 6.07) is 2.01. The summed E-state index contributed by atoms with van der Waals surface area (Å²) in [5.41, 5.74) is 3.41. The van der Waals surface area contributed by atoms with Crippen molar-refractivity contribution in [2.45, 2.75) is 25.7 Å². The number of fused-ring (bicyclic) bond motifs is 1. The molecule has 14 heavy (non-hydrogen) atoms. The Labute approximate surface area is 81.8 Å². The van der Waals surface area contributed by atoms with Gasteiger partial charge in [0.2, 0.25) is 6.20 Å². The summed E-state index contributed by atoms with van der Waals surface area (Å²) in [5.74, 6) is 0. The third kappa shape index (κ3) is 1.84. The Balaban J connectivity index is 2.20. The van der Waals surface area contributed by atoms with E-state index in [1.165, 1.54) is 30.2 Å². The van der Waals surface area contributed by atoms with Crippen molar-refractivity contribution < 1.29 is 4.92 Å². The van der Waals surface area contributed by atoms with Crippen LogP contribution in [0.4, 0.5) is 0 Å². The number of hydrogen-bond acceptors (Lipinski definition) is 2. The molecule has 0 saturated heterocycles. The van der Waals surface area contributed by atoms with Gasteiger partial charge in [-0.05, 0) is 37.3 Å². The molecule has 1 aromatic rings. The van der Waals surface area contributed by atoms with E-state index < -0.39 is 4.92 Å². The molecule has 0 aliphatic heterocycles. The van der Waals surface area contributed by atoms with Crippen molar-refractivity contribution in [3.8, 4) is 0 Å². The first-order valence-electron chi connectivity index (χ1n) is 4.78. The number of H-pyrrole nitrogens is 1. The number of rotatable bonds is 2. The van der Waals surface area contributed by atoms with Crippen molar-refractivity contribution in [1.82, 2.24) is 4.98 Å². The largest absolute Gasteiger partial charge is 0.358 e. The van der Waals surface area contributed by atoms with E-state index in [1.807, 2.05) is 6.07 Å². The highest BCUT2D eigenvalue weighted by Gasteiger charge is 2.11. The van der Waals surface area contributed by atoms with Crippen LogP contribution in [0.1, 0.15) is 29.8 Å². The lowest BCUT2D eigenvalue weighted by Crippen LogP contribution is -1.99. The Bertz CT molecular complexity index is 356. The lowest BCUT2D eigenvalue weighted by atomic mass is 9.98. The smallest absolute Gasteiger partial charge is 0.236 e. The van der Waals surface area contributed by atoms with E-state index in [-0.39, 0.29) is 0 Å². The maximum Gasteiger partial charge on any atom is 0.236 e. The van der Waals surface area contributed by atoms with Crippen LogP contribution in [0.3, 0.4) is 0 Å². The summed E-state index contributed by atoms with van der Waals surface area (Å²) in [7, 11) is 0. The molecule has 1 aliphatic carbocycles. The number of aromatic nitrogens is 1. The van der Waals surface area contributed by atoms with E-state index in [0.29, 0.717) is 0 Å². The SMILES string of the molecule is O=[N+]([O-])/C=C/c1cc2c([nH]1)CCCC2. The van der Waals surface area contributed by atoms with E-state index in [4.69, 9.17) is 0 Å². The van der Waals surface area contributed by atoms with Crippen molar-refractivity contribution in [3.63, 3.8) is 0 Å². The van der Waals surface area contributed by atoms with Gasteiger partial charge in [0.25, 0.3) is 0 Å². The zero-order chi connectivity index (χ0) is 9.97. The Morgan fingerprint density at radius 3 is 2.93 bits per heavy atom. The van der Waals surface area contributed by atoms with Gasteiger partial charge in [-0.1, -0.05) is 0 Å². The molecule has 1 aliphatic rings. The van der Waals surface area contributed by atoms with Gasteiger partial charge in [-0.25, -0.2) is 0 Å². The molecule has 0 radical (unpaired) electrons. The number of nitrogens with one attached hydrogen (secondary N) is 1. The minimum absolute atomic E-state index is 0.445. The molecule has 0 spiro atoms. The minimum Gasteiger partial charge on any atom is -0.358 e. The molecule has 0 amide bonds. The van der Waals surface area contributed by atoms with Gasteiger partial charge >= 0.3 is 0 Å². The number of hydrogen-bond donors (Lipinski definition) is 1. The van der Waals surface area contributed by atoms with Crippen LogP contribution in [0.15, 0.2) is 12.3 Å². The molecule has 0 atom stereocenters. The quantitative estimate of drug-likeness (QED) is 0.576. The van der Waals surface area contributed by atoms with E-state index in [9.17, 15) is 10.1 Å². The monoisotopic (exact) mass is 192 g/mol. The highest BCUT2D eigenvalue weighted by molar-refractivity contribution is 5.47. The van der Waals surface area contributed by atoms with E-state index in [2.05, 4.69) is 4.98 Å². The molecule has 74 valence electrons. The topological polar surface area (TPSA) is 58.9 Å². The van der Waals surface area contributed by atoms with Gasteiger partial charge in [-0.15, -0.1) is 0 Å². The molecule has 4 heteroatoms. The van der Waals surface area contributed by atoms with E-state index >= 15 is 0 Å². The predicted molar refractivity (Wildman–Crippen MR) is 53.5 cm³/mol. The first-order chi connectivity index (χ1) is 6.75. The predicted octanol–water partition coefficient (Wildman–Crippen LogP) is 2.14. The average Bonchev–Trinajstić information content (AvgIpc) is 2.57. The number of nitro groups is 1. The van der Waals surface area contributed by atoms with Crippen molar-refractivity contribution in [2.75, 3.05) is 0 Å². The van der Waals surface area contributed by atoms with Crippen molar-refractivity contribution >= 4 is 6.08 Å². The molecule has 0 saturated carbocycles. The number of nitrogens with zero attached hydrogens (tertiary/aromatic N) is 1. The molecular weight excluding hydrogens is 180 g/mol. The fraction of sp³-hybridized carbons (Fsp3) is 0.400. The van der Waals surface area contributed by atoms with Crippen LogP contribution in [0, 0.1) is 10.1 Å². The molecule has 0 aromatic carbocycles. The Kier molecular flexibility index (Phi) is 2.35. The molecule has 0 bridgehead atoms. The van der Waals surface area contributed by atoms with Crippen molar-refractivity contribution in [3.05, 3.63) is 39.3 Å². The van der Waals surface area contributed by atoms with Gasteiger partial charge in [0.05, 0.1) is 4.92 Å². The Morgan fingerprint density at radius 2 is 2.21 bits per heavy atom. The molecule has 1 aromatic heterocycles. The second-order valence-electron chi connectivity index (χ2n) is 3.54. The average molecular weight is 192 g/mol. The molecule has 4 nitrogen and oxygen atoms in total. The van der Waals surface area contributed by atoms with Crippen molar-refractivity contribution in [1.29, 1.82) is 0 Å². The highest BCUT2D eigenvalue weighted by Crippen LogP contribution is 2.21. The standard InChI is InChI=1S/C10H12N2O2/c13-12(14)6-5-9-7-8-3-1-2-4-10(8)11-9/h5-7,11H,1-4H2/b6-5+. The molecular formula is C10H12N2O2. The first-order valence-corrected chi connectivity index (χ1v) is 4.78. The van der Waals surface area contributed by atoms with Crippen LogP contribution in [0.2, 0.25) is 0 Å². The van der Waals surface area contributed by atoms with Crippen LogP contribution in [-0.4, -0.2) is 9.91 Å². The third-order valence-electron chi connectivity index (χ3n) is 2.51. The van der Waals surface area contributed by atoms with Crippen LogP contribution < -0.4 is 0 Å². The van der Waals surface area contributed by atoms with Crippen LogP contribution in [0.25, 0.3) is 6.08 Å². The third-order valence-corrected chi connectivity index (χ3v) is 2.51. The first kappa shape index (κ1) is 8.99. The summed E-state index contributed by atoms with van der Waals surface area (Å²) < 4.78 is 0. The molecule has 1 heterocycles. The van der Waals surface area contributed by atoms with E-state index in [1.54, 1.807) is 0 Å². The van der Waals surface area contributed by atoms with Gasteiger partial charge in [0.1, 0.15) is 0 Å². The summed E-state index contributed by atoms with van der Waals surface area (Å²) in [5, 5.41) is 10.1. The van der Waals surface area contributed by atoms with Crippen molar-refractivity contribution in [2.24, 2.45) is 0 Å². The summed E-state index contributed by atoms with van der Waals surface area (Å²) in [6.45, 7) is 0. The minimum atomic E-state index is -0.445. The fourth-order valence-corrected chi connectivity index (χ4v) is 1.86. The van der Waals surface area contributed by atoms with Gasteiger partial charge in [-0.2, -0.15) is 0 Å². The second kappa shape index (κ2) is 3.65. The van der Waals surface area contributed by atoms with Gasteiger partial charge < -0.3 is 4.98 Å². The summed E-state index contributed by atoms with van der Waals surface area (Å²) in [4.78, 5) is 12.9. The number of aromatic amines is 1. The second-order valence-corrected chi connectivity index (χ2v) is 3.54. The fourth-order valence-electron chi connectivity index (χ4n) is 1.86. The maximum absolute atomic E-state index is 10.1. The normalized spacial score (nSPS) is 15.7. The molecule has 0 fully saturated rings. The number of aryl methyl sites for hydroxylation is 2. The lowest BCUT2D eigenvalue weighted by molar-refractivity contribution is -0.401. The van der Waals surface area contributed by atoms with Crippen LogP contribution >= 0.6 is 0 Å². The Morgan fingerprint density at radius 1 is 1.43 bits per heavy atom. The Hall–Kier alpha value is -1.58. The van der Waals surface area contributed by atoms with Gasteiger partial charge in [0, 0.05) is 17.5 Å². The zero-order valence-electron chi connectivity index (χ0n) is 7.82. The van der Waals surface area contributed by atoms with Crippen LogP contribution in [-0.2, 0) is 12.8 Å². The molecule has 1 N–H and O–H groups in total. The molecule has 0 unspecified atom stereocenters. The van der Waals surface area contributed by atoms with Gasteiger partial charge in [0.15, 0.2) is 0 Å². The molecule has 2 rings (SSSR count).